The number of hydrogen-bond acceptors (Lipinski definition) is 3. The Hall–Kier alpha value is -1.62. The number of nitrogens with two attached hydrogens (primary N) is 1. The number of carbonyl (C=O) groups excluding carboxylic acids is 1. The van der Waals surface area contributed by atoms with Gasteiger partial charge in [-0.25, -0.2) is 4.39 Å². The highest BCUT2D eigenvalue weighted by atomic mass is 19.1. The maximum Gasteiger partial charge on any atom is 0.248 e. The summed E-state index contributed by atoms with van der Waals surface area (Å²) in [4.78, 5) is 12.7. The van der Waals surface area contributed by atoms with Crippen molar-refractivity contribution in [3.05, 3.63) is 29.6 Å². The Bertz CT molecular complexity index is 418. The van der Waals surface area contributed by atoms with Crippen LogP contribution >= 0.6 is 0 Å². The zero-order chi connectivity index (χ0) is 11.7. The van der Waals surface area contributed by atoms with Crippen LogP contribution in [-0.4, -0.2) is 32.1 Å². The number of rotatable bonds is 3. The van der Waals surface area contributed by atoms with E-state index in [9.17, 15) is 9.18 Å². The maximum atomic E-state index is 13.7. The highest BCUT2D eigenvalue weighted by molar-refractivity contribution is 5.93. The topological polar surface area (TPSA) is 58.4 Å². The molecule has 0 unspecified atom stereocenters. The van der Waals surface area contributed by atoms with E-state index in [0.717, 1.165) is 13.1 Å². The molecule has 1 aromatic rings. The van der Waals surface area contributed by atoms with Gasteiger partial charge in [0.05, 0.1) is 11.7 Å². The van der Waals surface area contributed by atoms with Crippen LogP contribution in [-0.2, 0) is 0 Å². The monoisotopic (exact) mass is 223 g/mol. The smallest absolute Gasteiger partial charge is 0.248 e. The van der Waals surface area contributed by atoms with Gasteiger partial charge in [-0.05, 0) is 18.2 Å². The third-order valence-corrected chi connectivity index (χ3v) is 2.92. The number of hydrogen-bond donors (Lipinski definition) is 2. The average molecular weight is 223 g/mol. The number of likely N-dealkylation sites (N-methyl/N-ethyl adjacent to an activating group) is 1. The van der Waals surface area contributed by atoms with Gasteiger partial charge in [-0.15, -0.1) is 0 Å². The number of halogens is 1. The van der Waals surface area contributed by atoms with Crippen LogP contribution in [0.1, 0.15) is 10.4 Å². The van der Waals surface area contributed by atoms with Crippen molar-refractivity contribution in [3.8, 4) is 0 Å². The van der Waals surface area contributed by atoms with Gasteiger partial charge >= 0.3 is 0 Å². The fourth-order valence-corrected chi connectivity index (χ4v) is 1.69. The molecule has 0 bridgehead atoms. The van der Waals surface area contributed by atoms with Crippen LogP contribution in [0.15, 0.2) is 18.2 Å². The molecule has 1 aliphatic heterocycles. The molecule has 2 rings (SSSR count). The van der Waals surface area contributed by atoms with Gasteiger partial charge < -0.3 is 16.0 Å². The highest BCUT2D eigenvalue weighted by Crippen LogP contribution is 2.22. The lowest BCUT2D eigenvalue weighted by molar-refractivity contribution is 0.1000. The molecule has 1 heterocycles. The number of carbonyl (C=O) groups is 1. The predicted molar refractivity (Wildman–Crippen MR) is 60.0 cm³/mol. The van der Waals surface area contributed by atoms with Gasteiger partial charge in [0.15, 0.2) is 0 Å². The molecule has 1 saturated heterocycles. The summed E-state index contributed by atoms with van der Waals surface area (Å²) in [5.41, 5.74) is 5.77. The summed E-state index contributed by atoms with van der Waals surface area (Å²) in [6, 6.07) is 4.63. The Morgan fingerprint density at radius 2 is 2.25 bits per heavy atom. The first-order valence-corrected chi connectivity index (χ1v) is 5.12. The maximum absolute atomic E-state index is 13.7. The number of primary amides is 1. The zero-order valence-corrected chi connectivity index (χ0v) is 9.03. The fourth-order valence-electron chi connectivity index (χ4n) is 1.69. The first-order valence-electron chi connectivity index (χ1n) is 5.12. The van der Waals surface area contributed by atoms with Crippen molar-refractivity contribution in [3.63, 3.8) is 0 Å². The van der Waals surface area contributed by atoms with Crippen molar-refractivity contribution >= 4 is 11.6 Å². The van der Waals surface area contributed by atoms with Gasteiger partial charge in [0.2, 0.25) is 5.91 Å². The van der Waals surface area contributed by atoms with E-state index in [-0.39, 0.29) is 5.56 Å². The number of nitrogens with one attached hydrogen (secondary N) is 1. The summed E-state index contributed by atoms with van der Waals surface area (Å²) in [6.07, 6.45) is 0. The Morgan fingerprint density at radius 3 is 2.69 bits per heavy atom. The summed E-state index contributed by atoms with van der Waals surface area (Å²) < 4.78 is 13.7. The van der Waals surface area contributed by atoms with Crippen molar-refractivity contribution in [2.75, 3.05) is 25.0 Å². The van der Waals surface area contributed by atoms with Gasteiger partial charge in [-0.3, -0.25) is 4.79 Å². The molecule has 4 nitrogen and oxygen atoms in total. The molecular weight excluding hydrogens is 209 g/mol. The molecular formula is C11H14FN3O. The van der Waals surface area contributed by atoms with E-state index in [1.54, 1.807) is 12.1 Å². The van der Waals surface area contributed by atoms with E-state index in [4.69, 9.17) is 5.73 Å². The predicted octanol–water partition coefficient (Wildman–Crippen LogP) is 0.333. The SMILES string of the molecule is CN(c1ccc(C(N)=O)cc1F)C1CNC1. The highest BCUT2D eigenvalue weighted by Gasteiger charge is 2.23. The molecule has 1 fully saturated rings. The molecule has 16 heavy (non-hydrogen) atoms. The zero-order valence-electron chi connectivity index (χ0n) is 9.03. The molecule has 1 amide bonds. The standard InChI is InChI=1S/C11H14FN3O/c1-15(8-5-14-6-8)10-3-2-7(11(13)16)4-9(10)12/h2-4,8,14H,5-6H2,1H3,(H2,13,16). The third kappa shape index (κ3) is 1.86. The summed E-state index contributed by atoms with van der Waals surface area (Å²) in [7, 11) is 1.84. The van der Waals surface area contributed by atoms with Gasteiger partial charge in [0, 0.05) is 25.7 Å². The average Bonchev–Trinajstić information content (AvgIpc) is 2.14. The van der Waals surface area contributed by atoms with Crippen molar-refractivity contribution < 1.29 is 9.18 Å². The largest absolute Gasteiger partial charge is 0.367 e. The molecule has 1 aliphatic rings. The normalized spacial score (nSPS) is 15.6. The minimum atomic E-state index is -0.613. The van der Waals surface area contributed by atoms with Gasteiger partial charge in [0.1, 0.15) is 5.82 Å². The van der Waals surface area contributed by atoms with E-state index in [1.807, 2.05) is 11.9 Å². The van der Waals surface area contributed by atoms with Crippen LogP contribution in [0, 0.1) is 5.82 Å². The number of nitrogens with zero attached hydrogens (tertiary/aromatic N) is 1. The van der Waals surface area contributed by atoms with Crippen LogP contribution in [0.2, 0.25) is 0 Å². The molecule has 0 atom stereocenters. The second kappa shape index (κ2) is 4.09. The van der Waals surface area contributed by atoms with Crippen LogP contribution in [0.25, 0.3) is 0 Å². The molecule has 0 radical (unpaired) electrons. The molecule has 0 aliphatic carbocycles. The van der Waals surface area contributed by atoms with E-state index in [2.05, 4.69) is 5.32 Å². The lowest BCUT2D eigenvalue weighted by Crippen LogP contribution is -2.56. The lowest BCUT2D eigenvalue weighted by atomic mass is 10.1. The second-order valence-electron chi connectivity index (χ2n) is 3.95. The second-order valence-corrected chi connectivity index (χ2v) is 3.95. The molecule has 86 valence electrons. The van der Waals surface area contributed by atoms with Crippen LogP contribution < -0.4 is 16.0 Å². The van der Waals surface area contributed by atoms with Crippen LogP contribution in [0.3, 0.4) is 0 Å². The summed E-state index contributed by atoms with van der Waals surface area (Å²) in [5.74, 6) is -1.02. The number of anilines is 1. The molecule has 5 heteroatoms. The summed E-state index contributed by atoms with van der Waals surface area (Å²) in [5, 5.41) is 3.12. The number of amides is 1. The van der Waals surface area contributed by atoms with E-state index in [0.29, 0.717) is 11.7 Å². The Morgan fingerprint density at radius 1 is 1.56 bits per heavy atom. The van der Waals surface area contributed by atoms with Crippen molar-refractivity contribution in [2.24, 2.45) is 5.73 Å². The fraction of sp³-hybridized carbons (Fsp3) is 0.364. The van der Waals surface area contributed by atoms with E-state index in [1.165, 1.54) is 6.07 Å². The van der Waals surface area contributed by atoms with Crippen LogP contribution in [0.4, 0.5) is 10.1 Å². The van der Waals surface area contributed by atoms with Crippen molar-refractivity contribution in [1.82, 2.24) is 5.32 Å². The molecule has 0 spiro atoms. The third-order valence-electron chi connectivity index (χ3n) is 2.92. The molecule has 0 saturated carbocycles. The van der Waals surface area contributed by atoms with Gasteiger partial charge in [-0.1, -0.05) is 0 Å². The minimum absolute atomic E-state index is 0.196. The quantitative estimate of drug-likeness (QED) is 0.776. The van der Waals surface area contributed by atoms with E-state index < -0.39 is 11.7 Å². The summed E-state index contributed by atoms with van der Waals surface area (Å²) in [6.45, 7) is 1.71. The first kappa shape index (κ1) is 10.9. The molecule has 3 N–H and O–H groups in total. The van der Waals surface area contributed by atoms with Crippen LogP contribution in [0.5, 0.6) is 0 Å². The molecule has 1 aromatic carbocycles. The van der Waals surface area contributed by atoms with E-state index >= 15 is 0 Å². The summed E-state index contributed by atoms with van der Waals surface area (Å²) >= 11 is 0. The Balaban J connectivity index is 2.24. The van der Waals surface area contributed by atoms with Crippen molar-refractivity contribution in [2.45, 2.75) is 6.04 Å². The van der Waals surface area contributed by atoms with Gasteiger partial charge in [-0.2, -0.15) is 0 Å². The number of benzene rings is 1. The van der Waals surface area contributed by atoms with Gasteiger partial charge in [0.25, 0.3) is 0 Å². The first-order chi connectivity index (χ1) is 7.59. The minimum Gasteiger partial charge on any atom is -0.367 e. The lowest BCUT2D eigenvalue weighted by Gasteiger charge is -2.37. The molecule has 0 aromatic heterocycles. The Kier molecular flexibility index (Phi) is 2.78. The Labute approximate surface area is 93.2 Å². The van der Waals surface area contributed by atoms with Crippen molar-refractivity contribution in [1.29, 1.82) is 0 Å².